The van der Waals surface area contributed by atoms with Crippen LogP contribution in [0.3, 0.4) is 0 Å². The summed E-state index contributed by atoms with van der Waals surface area (Å²) in [6.07, 6.45) is 1.82. The highest BCUT2D eigenvalue weighted by Gasteiger charge is 2.23. The summed E-state index contributed by atoms with van der Waals surface area (Å²) in [4.78, 5) is 19.7. The van der Waals surface area contributed by atoms with Gasteiger partial charge in [0.05, 0.1) is 4.92 Å². The second-order valence-corrected chi connectivity index (χ2v) is 6.24. The van der Waals surface area contributed by atoms with Crippen LogP contribution in [0.4, 0.5) is 11.5 Å². The summed E-state index contributed by atoms with van der Waals surface area (Å²) in [5, 5.41) is 15.2. The molecule has 0 unspecified atom stereocenters. The number of anilines is 1. The van der Waals surface area contributed by atoms with Crippen molar-refractivity contribution < 1.29 is 4.92 Å². The lowest BCUT2D eigenvalue weighted by Gasteiger charge is -2.08. The molecule has 1 aromatic heterocycles. The van der Waals surface area contributed by atoms with E-state index in [0.717, 1.165) is 11.1 Å². The topological polar surface area (TPSA) is 81.0 Å². The molecule has 0 saturated heterocycles. The average Bonchev–Trinajstić information content (AvgIpc) is 2.71. The molecule has 0 radical (unpaired) electrons. The lowest BCUT2D eigenvalue weighted by Crippen LogP contribution is -2.08. The normalized spacial score (nSPS) is 9.96. The standard InChI is InChI=1S/C20H16N4O2S/c1-27-20-22-17(13-12-15-8-4-2-5-9-15)18(24(25)26)19(23-20)21-14-16-10-6-3-7-11-16/h2-11H,14H2,1H3,(H,21,22,23). The van der Waals surface area contributed by atoms with Gasteiger partial charge in [-0.2, -0.15) is 4.98 Å². The average molecular weight is 376 g/mol. The number of nitrogens with one attached hydrogen (secondary N) is 1. The fourth-order valence-electron chi connectivity index (χ4n) is 2.34. The minimum Gasteiger partial charge on any atom is -0.360 e. The fourth-order valence-corrected chi connectivity index (χ4v) is 2.71. The summed E-state index contributed by atoms with van der Waals surface area (Å²) < 4.78 is 0. The van der Waals surface area contributed by atoms with Crippen molar-refractivity contribution in [2.24, 2.45) is 0 Å². The molecule has 0 atom stereocenters. The van der Waals surface area contributed by atoms with Gasteiger partial charge >= 0.3 is 5.69 Å². The smallest absolute Gasteiger partial charge is 0.345 e. The minimum absolute atomic E-state index is 0.0961. The lowest BCUT2D eigenvalue weighted by molar-refractivity contribution is -0.384. The van der Waals surface area contributed by atoms with E-state index in [1.165, 1.54) is 11.8 Å². The van der Waals surface area contributed by atoms with E-state index < -0.39 is 4.92 Å². The van der Waals surface area contributed by atoms with Gasteiger partial charge in [-0.1, -0.05) is 66.2 Å². The van der Waals surface area contributed by atoms with E-state index in [0.29, 0.717) is 11.7 Å². The molecule has 3 aromatic rings. The Morgan fingerprint density at radius 2 is 1.70 bits per heavy atom. The minimum atomic E-state index is -0.494. The molecule has 1 heterocycles. The largest absolute Gasteiger partial charge is 0.360 e. The predicted molar refractivity (Wildman–Crippen MR) is 107 cm³/mol. The van der Waals surface area contributed by atoms with Gasteiger partial charge in [-0.05, 0) is 29.9 Å². The van der Waals surface area contributed by atoms with E-state index in [-0.39, 0.29) is 17.2 Å². The number of hydrogen-bond acceptors (Lipinski definition) is 6. The molecule has 0 spiro atoms. The molecule has 7 heteroatoms. The first-order valence-corrected chi connectivity index (χ1v) is 9.35. The fraction of sp³-hybridized carbons (Fsp3) is 0.100. The highest BCUT2D eigenvalue weighted by atomic mass is 32.2. The Morgan fingerprint density at radius 3 is 2.33 bits per heavy atom. The lowest BCUT2D eigenvalue weighted by atomic mass is 10.2. The van der Waals surface area contributed by atoms with E-state index in [1.54, 1.807) is 0 Å². The van der Waals surface area contributed by atoms with Crippen LogP contribution in [0.5, 0.6) is 0 Å². The zero-order valence-electron chi connectivity index (χ0n) is 14.5. The quantitative estimate of drug-likeness (QED) is 0.237. The second-order valence-electron chi connectivity index (χ2n) is 5.47. The predicted octanol–water partition coefficient (Wildman–Crippen LogP) is 4.12. The molecule has 0 bridgehead atoms. The molecule has 0 aliphatic carbocycles. The zero-order chi connectivity index (χ0) is 19.1. The summed E-state index contributed by atoms with van der Waals surface area (Å²) in [5.74, 6) is 5.92. The molecular formula is C20H16N4O2S. The van der Waals surface area contributed by atoms with Crippen molar-refractivity contribution in [3.63, 3.8) is 0 Å². The number of nitro groups is 1. The first kappa shape index (κ1) is 18.4. The van der Waals surface area contributed by atoms with Crippen LogP contribution in [0.1, 0.15) is 16.8 Å². The monoisotopic (exact) mass is 376 g/mol. The number of hydrogen-bond donors (Lipinski definition) is 1. The number of rotatable bonds is 5. The molecule has 0 aliphatic rings. The van der Waals surface area contributed by atoms with Gasteiger partial charge in [0.25, 0.3) is 0 Å². The summed E-state index contributed by atoms with van der Waals surface area (Å²) in [6.45, 7) is 0.415. The molecule has 0 amide bonds. The number of nitrogens with zero attached hydrogens (tertiary/aromatic N) is 3. The molecule has 3 rings (SSSR count). The summed E-state index contributed by atoms with van der Waals surface area (Å²) in [7, 11) is 0. The second kappa shape index (κ2) is 8.83. The maximum absolute atomic E-state index is 11.7. The van der Waals surface area contributed by atoms with Crippen molar-refractivity contribution in [2.75, 3.05) is 11.6 Å². The Balaban J connectivity index is 1.99. The van der Waals surface area contributed by atoms with Crippen LogP contribution in [-0.4, -0.2) is 21.1 Å². The van der Waals surface area contributed by atoms with Gasteiger partial charge < -0.3 is 5.32 Å². The highest BCUT2D eigenvalue weighted by Crippen LogP contribution is 2.28. The summed E-state index contributed by atoms with van der Waals surface area (Å²) in [5.41, 5.74) is 1.63. The van der Waals surface area contributed by atoms with Crippen LogP contribution < -0.4 is 5.32 Å². The molecule has 6 nitrogen and oxygen atoms in total. The Kier molecular flexibility index (Phi) is 6.02. The van der Waals surface area contributed by atoms with Crippen LogP contribution in [0.25, 0.3) is 0 Å². The molecule has 27 heavy (non-hydrogen) atoms. The molecule has 1 N–H and O–H groups in total. The van der Waals surface area contributed by atoms with Crippen molar-refractivity contribution in [3.8, 4) is 11.8 Å². The first-order chi connectivity index (χ1) is 13.2. The maximum atomic E-state index is 11.7. The van der Waals surface area contributed by atoms with Gasteiger partial charge in [-0.25, -0.2) is 4.98 Å². The van der Waals surface area contributed by atoms with E-state index in [4.69, 9.17) is 0 Å². The SMILES string of the molecule is CSc1nc(C#Cc2ccccc2)c([N+](=O)[O-])c(NCc2ccccc2)n1. The van der Waals surface area contributed by atoms with Crippen LogP contribution >= 0.6 is 11.8 Å². The number of aromatic nitrogens is 2. The van der Waals surface area contributed by atoms with Crippen LogP contribution in [0.2, 0.25) is 0 Å². The van der Waals surface area contributed by atoms with Crippen molar-refractivity contribution in [1.29, 1.82) is 0 Å². The first-order valence-electron chi connectivity index (χ1n) is 8.12. The third-order valence-corrected chi connectivity index (χ3v) is 4.18. The van der Waals surface area contributed by atoms with Crippen molar-refractivity contribution >= 4 is 23.3 Å². The molecule has 0 saturated carbocycles. The van der Waals surface area contributed by atoms with Gasteiger partial charge in [-0.15, -0.1) is 0 Å². The molecule has 134 valence electrons. The van der Waals surface area contributed by atoms with Crippen molar-refractivity contribution in [3.05, 3.63) is 87.6 Å². The Bertz CT molecular complexity index is 999. The van der Waals surface area contributed by atoms with Crippen molar-refractivity contribution in [1.82, 2.24) is 9.97 Å². The zero-order valence-corrected chi connectivity index (χ0v) is 15.4. The molecular weight excluding hydrogens is 360 g/mol. The Hall–Kier alpha value is -3.37. The van der Waals surface area contributed by atoms with Gasteiger partial charge in [0, 0.05) is 12.1 Å². The summed E-state index contributed by atoms with van der Waals surface area (Å²) >= 11 is 1.31. The number of benzene rings is 2. The molecule has 2 aromatic carbocycles. The summed E-state index contributed by atoms with van der Waals surface area (Å²) in [6, 6.07) is 18.9. The van der Waals surface area contributed by atoms with E-state index >= 15 is 0 Å². The van der Waals surface area contributed by atoms with Crippen molar-refractivity contribution in [2.45, 2.75) is 11.7 Å². The van der Waals surface area contributed by atoms with Gasteiger partial charge in [0.2, 0.25) is 5.82 Å². The number of thioether (sulfide) groups is 1. The highest BCUT2D eigenvalue weighted by molar-refractivity contribution is 7.98. The van der Waals surface area contributed by atoms with Crippen LogP contribution in [0, 0.1) is 22.0 Å². The van der Waals surface area contributed by atoms with E-state index in [9.17, 15) is 10.1 Å². The van der Waals surface area contributed by atoms with Crippen LogP contribution in [-0.2, 0) is 6.54 Å². The van der Waals surface area contributed by atoms with Gasteiger partial charge in [0.15, 0.2) is 10.9 Å². The molecule has 0 aliphatic heterocycles. The molecule has 0 fully saturated rings. The third kappa shape index (κ3) is 4.84. The Morgan fingerprint density at radius 1 is 1.04 bits per heavy atom. The van der Waals surface area contributed by atoms with E-state index in [2.05, 4.69) is 27.1 Å². The van der Waals surface area contributed by atoms with Crippen LogP contribution in [0.15, 0.2) is 65.8 Å². The van der Waals surface area contributed by atoms with E-state index in [1.807, 2.05) is 66.9 Å². The third-order valence-electron chi connectivity index (χ3n) is 3.63. The maximum Gasteiger partial charge on any atom is 0.345 e. The van der Waals surface area contributed by atoms with Gasteiger partial charge in [0.1, 0.15) is 0 Å². The Labute approximate surface area is 161 Å². The van der Waals surface area contributed by atoms with Gasteiger partial charge in [-0.3, -0.25) is 10.1 Å².